The Morgan fingerprint density at radius 3 is 2.66 bits per heavy atom. The third-order valence-electron chi connectivity index (χ3n) is 4.10. The molecule has 0 atom stereocenters. The fourth-order valence-electron chi connectivity index (χ4n) is 2.59. The van der Waals surface area contributed by atoms with E-state index in [0.29, 0.717) is 34.1 Å². The van der Waals surface area contributed by atoms with Gasteiger partial charge in [0.25, 0.3) is 5.56 Å². The molecule has 2 aromatic heterocycles. The van der Waals surface area contributed by atoms with Crippen molar-refractivity contribution in [1.82, 2.24) is 9.97 Å². The van der Waals surface area contributed by atoms with Crippen LogP contribution in [0.1, 0.15) is 40.8 Å². The molecule has 0 saturated heterocycles. The summed E-state index contributed by atoms with van der Waals surface area (Å²) in [6, 6.07) is 8.36. The van der Waals surface area contributed by atoms with Crippen molar-refractivity contribution in [3.05, 3.63) is 57.0 Å². The second-order valence-electron chi connectivity index (χ2n) is 6.64. The number of rotatable bonds is 7. The maximum atomic E-state index is 12.3. The first kappa shape index (κ1) is 21.1. The van der Waals surface area contributed by atoms with Gasteiger partial charge >= 0.3 is 5.97 Å². The van der Waals surface area contributed by atoms with Crippen LogP contribution in [0.3, 0.4) is 0 Å². The van der Waals surface area contributed by atoms with E-state index in [1.165, 1.54) is 30.2 Å². The van der Waals surface area contributed by atoms with E-state index in [2.05, 4.69) is 33.9 Å². The summed E-state index contributed by atoms with van der Waals surface area (Å²) in [6.45, 7) is 4.16. The van der Waals surface area contributed by atoms with E-state index in [1.807, 2.05) is 6.07 Å². The Kier molecular flexibility index (Phi) is 6.71. The van der Waals surface area contributed by atoms with Crippen LogP contribution in [0.25, 0.3) is 10.2 Å². The molecule has 2 heterocycles. The number of aromatic amines is 1. The number of anilines is 1. The van der Waals surface area contributed by atoms with Crippen LogP contribution in [-0.4, -0.2) is 34.7 Å². The molecule has 9 heteroatoms. The number of hydrogen-bond acceptors (Lipinski definition) is 7. The van der Waals surface area contributed by atoms with Gasteiger partial charge in [-0.15, -0.1) is 23.1 Å². The Balaban J connectivity index is 1.56. The van der Waals surface area contributed by atoms with Gasteiger partial charge in [0.15, 0.2) is 0 Å². The van der Waals surface area contributed by atoms with Crippen molar-refractivity contribution in [1.29, 1.82) is 0 Å². The van der Waals surface area contributed by atoms with E-state index in [4.69, 9.17) is 0 Å². The average molecular weight is 432 g/mol. The number of H-pyrrole nitrogens is 1. The molecular formula is C20H21N3O4S2. The number of carbonyl (C=O) groups excluding carboxylic acids is 2. The minimum atomic E-state index is -0.428. The van der Waals surface area contributed by atoms with Gasteiger partial charge in [-0.1, -0.05) is 13.8 Å². The summed E-state index contributed by atoms with van der Waals surface area (Å²) in [5.41, 5.74) is 0.861. The molecule has 0 radical (unpaired) electrons. The predicted octanol–water partition coefficient (Wildman–Crippen LogP) is 3.77. The van der Waals surface area contributed by atoms with Gasteiger partial charge < -0.3 is 15.0 Å². The molecular weight excluding hydrogens is 410 g/mol. The van der Waals surface area contributed by atoms with Gasteiger partial charge in [0.1, 0.15) is 10.7 Å². The molecule has 0 saturated carbocycles. The number of ether oxygens (including phenoxy) is 1. The van der Waals surface area contributed by atoms with Crippen molar-refractivity contribution in [3.63, 3.8) is 0 Å². The van der Waals surface area contributed by atoms with Gasteiger partial charge in [-0.2, -0.15) is 0 Å². The standard InChI is InChI=1S/C20H21N3O4S2/c1-11(2)15-8-14-18(25)22-16(23-19(14)29-15)9-28-10-17(24)21-13-6-4-12(5-7-13)20(26)27-3/h4-8,11H,9-10H2,1-3H3,(H,21,24)(H,22,23,25). The topological polar surface area (TPSA) is 101 Å². The highest BCUT2D eigenvalue weighted by molar-refractivity contribution is 7.99. The zero-order chi connectivity index (χ0) is 21.0. The van der Waals surface area contributed by atoms with Crippen molar-refractivity contribution in [3.8, 4) is 0 Å². The predicted molar refractivity (Wildman–Crippen MR) is 117 cm³/mol. The molecule has 0 spiro atoms. The number of benzene rings is 1. The number of hydrogen-bond donors (Lipinski definition) is 2. The summed E-state index contributed by atoms with van der Waals surface area (Å²) < 4.78 is 4.64. The van der Waals surface area contributed by atoms with Crippen LogP contribution in [0.5, 0.6) is 0 Å². The molecule has 0 fully saturated rings. The molecule has 0 aliphatic heterocycles. The van der Waals surface area contributed by atoms with Gasteiger partial charge in [-0.25, -0.2) is 9.78 Å². The van der Waals surface area contributed by atoms with E-state index in [9.17, 15) is 14.4 Å². The van der Waals surface area contributed by atoms with Crippen LogP contribution in [0.2, 0.25) is 0 Å². The van der Waals surface area contributed by atoms with E-state index in [-0.39, 0.29) is 17.2 Å². The maximum Gasteiger partial charge on any atom is 0.337 e. The molecule has 0 bridgehead atoms. The number of fused-ring (bicyclic) bond motifs is 1. The lowest BCUT2D eigenvalue weighted by molar-refractivity contribution is -0.113. The summed E-state index contributed by atoms with van der Waals surface area (Å²) in [5, 5.41) is 3.38. The van der Waals surface area contributed by atoms with Crippen LogP contribution in [-0.2, 0) is 15.3 Å². The Morgan fingerprint density at radius 2 is 2.00 bits per heavy atom. The van der Waals surface area contributed by atoms with Gasteiger partial charge in [-0.3, -0.25) is 9.59 Å². The second kappa shape index (κ2) is 9.23. The molecule has 3 aromatic rings. The number of thioether (sulfide) groups is 1. The van der Waals surface area contributed by atoms with Crippen LogP contribution in [0.15, 0.2) is 35.1 Å². The first-order valence-corrected chi connectivity index (χ1v) is 10.9. The molecule has 1 amide bonds. The zero-order valence-electron chi connectivity index (χ0n) is 16.3. The minimum absolute atomic E-state index is 0.149. The number of nitrogens with one attached hydrogen (secondary N) is 2. The van der Waals surface area contributed by atoms with Gasteiger partial charge in [0, 0.05) is 10.6 Å². The molecule has 0 aliphatic carbocycles. The summed E-state index contributed by atoms with van der Waals surface area (Å²) in [6.07, 6.45) is 0. The van der Waals surface area contributed by atoms with Gasteiger partial charge in [0.05, 0.1) is 29.6 Å². The van der Waals surface area contributed by atoms with Crippen LogP contribution in [0, 0.1) is 0 Å². The number of amides is 1. The summed E-state index contributed by atoms with van der Waals surface area (Å²) in [7, 11) is 1.32. The molecule has 1 aromatic carbocycles. The normalized spacial score (nSPS) is 11.0. The van der Waals surface area contributed by atoms with E-state index in [0.717, 1.165) is 9.71 Å². The molecule has 0 aliphatic rings. The number of esters is 1. The van der Waals surface area contributed by atoms with Crippen LogP contribution < -0.4 is 10.9 Å². The Morgan fingerprint density at radius 1 is 1.28 bits per heavy atom. The van der Waals surface area contributed by atoms with Crippen molar-refractivity contribution < 1.29 is 14.3 Å². The fourth-order valence-corrected chi connectivity index (χ4v) is 4.34. The largest absolute Gasteiger partial charge is 0.465 e. The average Bonchev–Trinajstić information content (AvgIpc) is 3.13. The van der Waals surface area contributed by atoms with E-state index in [1.54, 1.807) is 24.3 Å². The third-order valence-corrected chi connectivity index (χ3v) is 6.37. The van der Waals surface area contributed by atoms with Gasteiger partial charge in [-0.05, 0) is 36.2 Å². The van der Waals surface area contributed by atoms with Crippen LogP contribution in [0.4, 0.5) is 5.69 Å². The number of carbonyl (C=O) groups is 2. The highest BCUT2D eigenvalue weighted by Crippen LogP contribution is 2.27. The van der Waals surface area contributed by atoms with Crippen molar-refractivity contribution in [2.75, 3.05) is 18.2 Å². The lowest BCUT2D eigenvalue weighted by Gasteiger charge is -2.06. The molecule has 0 unspecified atom stereocenters. The molecule has 2 N–H and O–H groups in total. The fraction of sp³-hybridized carbons (Fsp3) is 0.300. The number of methoxy groups -OCH3 is 1. The minimum Gasteiger partial charge on any atom is -0.465 e. The number of nitrogens with zero attached hydrogens (tertiary/aromatic N) is 1. The Bertz CT molecular complexity index is 1090. The monoisotopic (exact) mass is 431 g/mol. The maximum absolute atomic E-state index is 12.3. The molecule has 29 heavy (non-hydrogen) atoms. The number of aromatic nitrogens is 2. The summed E-state index contributed by atoms with van der Waals surface area (Å²) in [4.78, 5) is 45.0. The number of thiophene rings is 1. The third kappa shape index (κ3) is 5.24. The van der Waals surface area contributed by atoms with E-state index < -0.39 is 5.97 Å². The molecule has 7 nitrogen and oxygen atoms in total. The van der Waals surface area contributed by atoms with Crippen molar-refractivity contribution >= 4 is 50.9 Å². The van der Waals surface area contributed by atoms with Crippen molar-refractivity contribution in [2.24, 2.45) is 0 Å². The lowest BCUT2D eigenvalue weighted by Crippen LogP contribution is -2.15. The second-order valence-corrected chi connectivity index (χ2v) is 8.69. The highest BCUT2D eigenvalue weighted by atomic mass is 32.2. The molecule has 152 valence electrons. The first-order chi connectivity index (χ1) is 13.9. The zero-order valence-corrected chi connectivity index (χ0v) is 17.9. The van der Waals surface area contributed by atoms with Crippen molar-refractivity contribution in [2.45, 2.75) is 25.5 Å². The smallest absolute Gasteiger partial charge is 0.337 e. The van der Waals surface area contributed by atoms with E-state index >= 15 is 0 Å². The SMILES string of the molecule is COC(=O)c1ccc(NC(=O)CSCc2nc3sc(C(C)C)cc3c(=O)[nH]2)cc1. The lowest BCUT2D eigenvalue weighted by atomic mass is 10.2. The summed E-state index contributed by atoms with van der Waals surface area (Å²) in [5.74, 6) is 0.930. The van der Waals surface area contributed by atoms with Crippen LogP contribution >= 0.6 is 23.1 Å². The molecule has 3 rings (SSSR count). The van der Waals surface area contributed by atoms with Gasteiger partial charge in [0.2, 0.25) is 5.91 Å². The Labute approximate surface area is 175 Å². The summed E-state index contributed by atoms with van der Waals surface area (Å²) >= 11 is 2.89. The Hall–Kier alpha value is -2.65. The highest BCUT2D eigenvalue weighted by Gasteiger charge is 2.12. The quantitative estimate of drug-likeness (QED) is 0.552. The first-order valence-electron chi connectivity index (χ1n) is 8.96.